The van der Waals surface area contributed by atoms with Crippen LogP contribution in [-0.4, -0.2) is 31.8 Å². The third-order valence-electron chi connectivity index (χ3n) is 7.17. The first kappa shape index (κ1) is 17.0. The Morgan fingerprint density at radius 1 is 0.929 bits per heavy atom. The number of benzene rings is 2. The van der Waals surface area contributed by atoms with Crippen LogP contribution in [0.15, 0.2) is 36.4 Å². The van der Waals surface area contributed by atoms with Crippen LogP contribution >= 0.6 is 0 Å². The highest BCUT2D eigenvalue weighted by Crippen LogP contribution is 2.37. The molecule has 146 valence electrons. The van der Waals surface area contributed by atoms with E-state index in [1.807, 2.05) is 0 Å². The van der Waals surface area contributed by atoms with E-state index in [1.54, 1.807) is 0 Å². The third-order valence-corrected chi connectivity index (χ3v) is 7.17. The average Bonchev–Trinajstić information content (AvgIpc) is 3.13. The van der Waals surface area contributed by atoms with Crippen LogP contribution in [0.25, 0.3) is 0 Å². The van der Waals surface area contributed by atoms with Crippen molar-refractivity contribution in [3.8, 4) is 0 Å². The Hall–Kier alpha value is -1.88. The molecular weight excluding hydrogens is 346 g/mol. The van der Waals surface area contributed by atoms with E-state index < -0.39 is 0 Å². The lowest BCUT2D eigenvalue weighted by molar-refractivity contribution is -0.00615. The first-order valence-electron chi connectivity index (χ1n) is 10.9. The van der Waals surface area contributed by atoms with E-state index in [4.69, 9.17) is 4.74 Å². The zero-order valence-electron chi connectivity index (χ0n) is 16.3. The van der Waals surface area contributed by atoms with Gasteiger partial charge in [-0.05, 0) is 66.1 Å². The van der Waals surface area contributed by atoms with Crippen LogP contribution in [0.1, 0.15) is 52.7 Å². The number of hydrogen-bond acceptors (Lipinski definition) is 4. The third kappa shape index (κ3) is 2.95. The van der Waals surface area contributed by atoms with Gasteiger partial charge in [0, 0.05) is 36.8 Å². The van der Waals surface area contributed by atoms with Crippen molar-refractivity contribution in [1.82, 2.24) is 10.6 Å². The average molecular weight is 376 g/mol. The minimum atomic E-state index is 0.209. The minimum absolute atomic E-state index is 0.209. The molecule has 2 aromatic rings. The van der Waals surface area contributed by atoms with Gasteiger partial charge in [-0.3, -0.25) is 0 Å². The lowest BCUT2D eigenvalue weighted by Gasteiger charge is -2.33. The molecule has 6 rings (SSSR count). The smallest absolute Gasteiger partial charge is 0.0978 e. The van der Waals surface area contributed by atoms with Crippen molar-refractivity contribution in [3.63, 3.8) is 0 Å². The van der Waals surface area contributed by atoms with E-state index in [9.17, 15) is 0 Å². The normalized spacial score (nSPS) is 31.0. The van der Waals surface area contributed by atoms with E-state index in [2.05, 4.69) is 52.3 Å². The van der Waals surface area contributed by atoms with Gasteiger partial charge in [0.2, 0.25) is 0 Å². The van der Waals surface area contributed by atoms with Gasteiger partial charge in [-0.2, -0.15) is 0 Å². The van der Waals surface area contributed by atoms with Crippen LogP contribution in [0.3, 0.4) is 0 Å². The van der Waals surface area contributed by atoms with Gasteiger partial charge in [0.15, 0.2) is 0 Å². The Bertz CT molecular complexity index is 895. The highest BCUT2D eigenvalue weighted by Gasteiger charge is 2.37. The van der Waals surface area contributed by atoms with Crippen molar-refractivity contribution in [2.75, 3.05) is 25.0 Å². The fraction of sp³-hybridized carbons (Fsp3) is 0.500. The first-order chi connectivity index (χ1) is 13.8. The highest BCUT2D eigenvalue weighted by molar-refractivity contribution is 5.56. The van der Waals surface area contributed by atoms with Gasteiger partial charge in [0.1, 0.15) is 0 Å². The van der Waals surface area contributed by atoms with Crippen LogP contribution in [0, 0.1) is 0 Å². The van der Waals surface area contributed by atoms with Crippen molar-refractivity contribution < 1.29 is 4.74 Å². The Labute approximate surface area is 167 Å². The van der Waals surface area contributed by atoms with Gasteiger partial charge >= 0.3 is 0 Å². The van der Waals surface area contributed by atoms with E-state index in [1.165, 1.54) is 46.3 Å². The summed E-state index contributed by atoms with van der Waals surface area (Å²) in [5.41, 5.74) is 8.58. The van der Waals surface area contributed by atoms with E-state index in [0.29, 0.717) is 18.0 Å². The topological polar surface area (TPSA) is 45.3 Å². The van der Waals surface area contributed by atoms with Crippen molar-refractivity contribution in [3.05, 3.63) is 64.2 Å². The summed E-state index contributed by atoms with van der Waals surface area (Å²) in [5, 5.41) is 10.9. The number of hydrogen-bond donors (Lipinski definition) is 3. The maximum Gasteiger partial charge on any atom is 0.0978 e. The van der Waals surface area contributed by atoms with Crippen LogP contribution in [0.5, 0.6) is 0 Å². The highest BCUT2D eigenvalue weighted by atomic mass is 16.5. The lowest BCUT2D eigenvalue weighted by atomic mass is 9.85. The zero-order valence-corrected chi connectivity index (χ0v) is 16.3. The molecule has 4 nitrogen and oxygen atoms in total. The molecule has 0 amide bonds. The van der Waals surface area contributed by atoms with E-state index >= 15 is 0 Å². The lowest BCUT2D eigenvalue weighted by Crippen LogP contribution is -2.43. The Morgan fingerprint density at radius 2 is 1.86 bits per heavy atom. The Balaban J connectivity index is 1.26. The van der Waals surface area contributed by atoms with Crippen molar-refractivity contribution in [2.24, 2.45) is 0 Å². The van der Waals surface area contributed by atoms with Gasteiger partial charge in [0.05, 0.1) is 12.7 Å². The van der Waals surface area contributed by atoms with Gasteiger partial charge in [-0.1, -0.05) is 30.3 Å². The summed E-state index contributed by atoms with van der Waals surface area (Å²) in [7, 11) is 0. The SMILES string of the molecule is c1cc2c(cc1C1CNc3ccc(C4OCC5CCC4N5)cc3C1)CCNC2. The number of ether oxygens (including phenoxy) is 1. The molecule has 2 bridgehead atoms. The van der Waals surface area contributed by atoms with E-state index in [0.717, 1.165) is 39.1 Å². The molecule has 0 aromatic heterocycles. The Morgan fingerprint density at radius 3 is 2.86 bits per heavy atom. The minimum Gasteiger partial charge on any atom is -0.384 e. The van der Waals surface area contributed by atoms with Gasteiger partial charge < -0.3 is 20.7 Å². The predicted molar refractivity (Wildman–Crippen MR) is 112 cm³/mol. The number of rotatable bonds is 2. The van der Waals surface area contributed by atoms with Gasteiger partial charge in [-0.15, -0.1) is 0 Å². The number of nitrogens with one attached hydrogen (secondary N) is 3. The molecule has 4 heterocycles. The molecule has 28 heavy (non-hydrogen) atoms. The summed E-state index contributed by atoms with van der Waals surface area (Å²) in [4.78, 5) is 0. The quantitative estimate of drug-likeness (QED) is 0.754. The molecule has 4 heteroatoms. The van der Waals surface area contributed by atoms with Gasteiger partial charge in [0.25, 0.3) is 0 Å². The molecule has 4 unspecified atom stereocenters. The van der Waals surface area contributed by atoms with Crippen LogP contribution < -0.4 is 16.0 Å². The second kappa shape index (κ2) is 6.87. The predicted octanol–water partition coefficient (Wildman–Crippen LogP) is 3.28. The molecular formula is C24H29N3O. The number of morpholine rings is 1. The Kier molecular flexibility index (Phi) is 4.18. The number of anilines is 1. The molecule has 4 atom stereocenters. The molecule has 4 aliphatic heterocycles. The monoisotopic (exact) mass is 375 g/mol. The van der Waals surface area contributed by atoms with Crippen molar-refractivity contribution >= 4 is 5.69 Å². The molecule has 0 aliphatic carbocycles. The summed E-state index contributed by atoms with van der Waals surface area (Å²) in [6.07, 6.45) is 4.96. The fourth-order valence-electron chi connectivity index (χ4n) is 5.57. The molecule has 0 radical (unpaired) electrons. The summed E-state index contributed by atoms with van der Waals surface area (Å²) in [5.74, 6) is 0.546. The van der Waals surface area contributed by atoms with Crippen molar-refractivity contribution in [1.29, 1.82) is 0 Å². The standard InChI is InChI=1S/C24H29N3O/c1-2-18-12-25-8-7-16(18)9-15(1)20-11-19-10-17(3-5-22(19)26-13-20)24-23-6-4-21(27-23)14-28-24/h1-3,5,9-10,20-21,23-27H,4,6-8,11-14H2. The second-order valence-electron chi connectivity index (χ2n) is 8.95. The summed E-state index contributed by atoms with van der Waals surface area (Å²) >= 11 is 0. The first-order valence-corrected chi connectivity index (χ1v) is 10.9. The molecule has 2 aromatic carbocycles. The maximum absolute atomic E-state index is 6.23. The second-order valence-corrected chi connectivity index (χ2v) is 8.95. The van der Waals surface area contributed by atoms with Crippen LogP contribution in [0.4, 0.5) is 5.69 Å². The van der Waals surface area contributed by atoms with Crippen molar-refractivity contribution in [2.45, 2.75) is 56.3 Å². The molecule has 2 fully saturated rings. The largest absolute Gasteiger partial charge is 0.384 e. The molecule has 2 saturated heterocycles. The molecule has 4 aliphatic rings. The van der Waals surface area contributed by atoms with Crippen LogP contribution in [0.2, 0.25) is 0 Å². The summed E-state index contributed by atoms with van der Waals surface area (Å²) in [6.45, 7) is 3.99. The van der Waals surface area contributed by atoms with Crippen LogP contribution in [-0.2, 0) is 24.1 Å². The molecule has 0 saturated carbocycles. The molecule has 0 spiro atoms. The number of fused-ring (bicyclic) bond motifs is 4. The summed E-state index contributed by atoms with van der Waals surface area (Å²) in [6, 6.07) is 15.1. The zero-order chi connectivity index (χ0) is 18.5. The summed E-state index contributed by atoms with van der Waals surface area (Å²) < 4.78 is 6.23. The molecule has 3 N–H and O–H groups in total. The fourth-order valence-corrected chi connectivity index (χ4v) is 5.57. The maximum atomic E-state index is 6.23. The van der Waals surface area contributed by atoms with Gasteiger partial charge in [-0.25, -0.2) is 0 Å². The van der Waals surface area contributed by atoms with E-state index in [-0.39, 0.29) is 6.10 Å².